The van der Waals surface area contributed by atoms with Crippen molar-refractivity contribution in [2.24, 2.45) is 5.73 Å². The van der Waals surface area contributed by atoms with E-state index in [0.29, 0.717) is 23.3 Å². The van der Waals surface area contributed by atoms with Gasteiger partial charge in [0, 0.05) is 43.1 Å². The molecule has 0 aromatic carbocycles. The normalized spacial score (nSPS) is 16.8. The monoisotopic (exact) mass is 386 g/mol. The number of hydrogen-bond acceptors (Lipinski definition) is 9. The third kappa shape index (κ3) is 3.17. The lowest BCUT2D eigenvalue weighted by atomic mass is 10.2. The van der Waals surface area contributed by atoms with Crippen molar-refractivity contribution in [3.63, 3.8) is 0 Å². The summed E-state index contributed by atoms with van der Waals surface area (Å²) in [6.07, 6.45) is 5.41. The molecule has 1 unspecified atom stereocenters. The average Bonchev–Trinajstić information content (AvgIpc) is 3.34. The van der Waals surface area contributed by atoms with Gasteiger partial charge in [0.05, 0.1) is 12.0 Å². The summed E-state index contributed by atoms with van der Waals surface area (Å²) in [5, 5.41) is 2.64. The fraction of sp³-hybridized carbons (Fsp3) is 0.353. The first-order valence-electron chi connectivity index (χ1n) is 8.58. The predicted molar refractivity (Wildman–Crippen MR) is 102 cm³/mol. The Labute approximate surface area is 158 Å². The number of esters is 1. The van der Waals surface area contributed by atoms with Crippen LogP contribution in [-0.4, -0.2) is 51.2 Å². The van der Waals surface area contributed by atoms with Gasteiger partial charge < -0.3 is 15.4 Å². The highest BCUT2D eigenvalue weighted by molar-refractivity contribution is 7.12. The molecule has 4 heterocycles. The number of hydrogen-bond donors (Lipinski definition) is 1. The molecule has 27 heavy (non-hydrogen) atoms. The van der Waals surface area contributed by atoms with E-state index in [2.05, 4.69) is 15.0 Å². The van der Waals surface area contributed by atoms with E-state index in [4.69, 9.17) is 10.5 Å². The molecule has 2 N–H and O–H groups in total. The van der Waals surface area contributed by atoms with Crippen molar-refractivity contribution < 1.29 is 9.53 Å². The molecular weight excluding hydrogens is 368 g/mol. The molecule has 1 aliphatic rings. The van der Waals surface area contributed by atoms with E-state index in [9.17, 15) is 9.59 Å². The molecule has 0 radical (unpaired) electrons. The van der Waals surface area contributed by atoms with Crippen LogP contribution in [0, 0.1) is 0 Å². The number of pyridine rings is 1. The number of carbonyl (C=O) groups is 1. The van der Waals surface area contributed by atoms with Crippen LogP contribution < -0.4 is 16.1 Å². The molecular formula is C17H18N6O3S. The summed E-state index contributed by atoms with van der Waals surface area (Å²) in [4.78, 5) is 40.2. The van der Waals surface area contributed by atoms with E-state index in [1.54, 1.807) is 17.7 Å². The molecule has 1 saturated heterocycles. The zero-order valence-corrected chi connectivity index (χ0v) is 15.5. The fourth-order valence-corrected chi connectivity index (χ4v) is 3.68. The minimum Gasteiger partial charge on any atom is -0.462 e. The Morgan fingerprint density at radius 1 is 1.44 bits per heavy atom. The van der Waals surface area contributed by atoms with Crippen molar-refractivity contribution in [1.82, 2.24) is 19.5 Å². The number of fused-ring (bicyclic) bond motifs is 1. The van der Waals surface area contributed by atoms with Crippen LogP contribution in [0.2, 0.25) is 0 Å². The number of carbonyl (C=O) groups excluding carboxylic acids is 1. The summed E-state index contributed by atoms with van der Waals surface area (Å²) in [6, 6.07) is 0.0802. The molecule has 1 fully saturated rings. The van der Waals surface area contributed by atoms with E-state index in [1.807, 2.05) is 10.3 Å². The van der Waals surface area contributed by atoms with Gasteiger partial charge in [-0.05, 0) is 13.3 Å². The maximum atomic E-state index is 12.8. The first-order valence-corrected chi connectivity index (χ1v) is 9.46. The van der Waals surface area contributed by atoms with Gasteiger partial charge in [-0.1, -0.05) is 0 Å². The largest absolute Gasteiger partial charge is 0.462 e. The topological polar surface area (TPSA) is 116 Å². The van der Waals surface area contributed by atoms with Gasteiger partial charge in [0.15, 0.2) is 10.8 Å². The van der Waals surface area contributed by atoms with Gasteiger partial charge in [-0.15, -0.1) is 11.3 Å². The maximum Gasteiger partial charge on any atom is 0.343 e. The SMILES string of the molecule is CCOC(=O)c1cn(-c2nccs2)c2nc(N3CCC(N)C3)ncc2c1=O. The summed E-state index contributed by atoms with van der Waals surface area (Å²) in [5.41, 5.74) is 5.84. The number of anilines is 1. The summed E-state index contributed by atoms with van der Waals surface area (Å²) < 4.78 is 6.65. The van der Waals surface area contributed by atoms with Crippen LogP contribution in [0.15, 0.2) is 28.8 Å². The van der Waals surface area contributed by atoms with Crippen LogP contribution in [0.25, 0.3) is 16.2 Å². The summed E-state index contributed by atoms with van der Waals surface area (Å²) in [7, 11) is 0. The molecule has 1 atom stereocenters. The first-order chi connectivity index (χ1) is 13.1. The Bertz CT molecular complexity index is 1050. The Hall–Kier alpha value is -2.85. The van der Waals surface area contributed by atoms with E-state index >= 15 is 0 Å². The van der Waals surface area contributed by atoms with Crippen molar-refractivity contribution in [3.05, 3.63) is 39.8 Å². The molecule has 1 aliphatic heterocycles. The second-order valence-corrected chi connectivity index (χ2v) is 7.05. The Balaban J connectivity index is 1.92. The lowest BCUT2D eigenvalue weighted by molar-refractivity contribution is 0.0524. The number of nitrogens with zero attached hydrogens (tertiary/aromatic N) is 5. The number of nitrogens with two attached hydrogens (primary N) is 1. The maximum absolute atomic E-state index is 12.8. The highest BCUT2D eigenvalue weighted by Crippen LogP contribution is 2.21. The van der Waals surface area contributed by atoms with Crippen LogP contribution >= 0.6 is 11.3 Å². The smallest absolute Gasteiger partial charge is 0.343 e. The third-order valence-corrected chi connectivity index (χ3v) is 5.13. The van der Waals surface area contributed by atoms with Crippen LogP contribution in [0.5, 0.6) is 0 Å². The van der Waals surface area contributed by atoms with E-state index < -0.39 is 11.4 Å². The standard InChI is InChI=1S/C17H18N6O3S/c1-2-26-15(25)12-9-23(17-19-4-6-27-17)14-11(13(12)24)7-20-16(21-14)22-5-3-10(18)8-22/h4,6-7,9-10H,2-3,5,8,18H2,1H3. The van der Waals surface area contributed by atoms with Crippen LogP contribution in [0.4, 0.5) is 5.95 Å². The Morgan fingerprint density at radius 3 is 2.96 bits per heavy atom. The predicted octanol–water partition coefficient (Wildman–Crippen LogP) is 0.951. The first kappa shape index (κ1) is 17.6. The Kier molecular flexibility index (Phi) is 4.58. The molecule has 0 spiro atoms. The second kappa shape index (κ2) is 7.05. The van der Waals surface area contributed by atoms with Crippen LogP contribution in [-0.2, 0) is 4.74 Å². The number of ether oxygens (including phenoxy) is 1. The quantitative estimate of drug-likeness (QED) is 0.659. The molecule has 0 aliphatic carbocycles. The second-order valence-electron chi connectivity index (χ2n) is 6.18. The molecule has 10 heteroatoms. The minimum absolute atomic E-state index is 0.0703. The Morgan fingerprint density at radius 2 is 2.30 bits per heavy atom. The zero-order valence-electron chi connectivity index (χ0n) is 14.7. The average molecular weight is 386 g/mol. The zero-order chi connectivity index (χ0) is 19.0. The molecule has 0 amide bonds. The highest BCUT2D eigenvalue weighted by Gasteiger charge is 2.24. The third-order valence-electron chi connectivity index (χ3n) is 4.36. The van der Waals surface area contributed by atoms with E-state index in [-0.39, 0.29) is 23.6 Å². The van der Waals surface area contributed by atoms with E-state index in [0.717, 1.165) is 13.0 Å². The highest BCUT2D eigenvalue weighted by atomic mass is 32.1. The van der Waals surface area contributed by atoms with Crippen molar-refractivity contribution in [2.45, 2.75) is 19.4 Å². The van der Waals surface area contributed by atoms with Gasteiger partial charge in [-0.2, -0.15) is 4.98 Å². The van der Waals surface area contributed by atoms with Gasteiger partial charge in [0.1, 0.15) is 5.56 Å². The van der Waals surface area contributed by atoms with Gasteiger partial charge in [-0.25, -0.2) is 14.8 Å². The van der Waals surface area contributed by atoms with Crippen molar-refractivity contribution in [1.29, 1.82) is 0 Å². The molecule has 0 saturated carbocycles. The van der Waals surface area contributed by atoms with Crippen molar-refractivity contribution in [3.8, 4) is 5.13 Å². The molecule has 4 rings (SSSR count). The molecule has 9 nitrogen and oxygen atoms in total. The minimum atomic E-state index is -0.677. The number of rotatable bonds is 4. The van der Waals surface area contributed by atoms with Gasteiger partial charge in [0.25, 0.3) is 0 Å². The number of thiazole rings is 1. The van der Waals surface area contributed by atoms with Crippen LogP contribution in [0.3, 0.4) is 0 Å². The summed E-state index contributed by atoms with van der Waals surface area (Å²) >= 11 is 1.37. The number of aromatic nitrogens is 4. The van der Waals surface area contributed by atoms with Gasteiger partial charge in [-0.3, -0.25) is 9.36 Å². The van der Waals surface area contributed by atoms with Gasteiger partial charge in [0.2, 0.25) is 11.4 Å². The van der Waals surface area contributed by atoms with Crippen molar-refractivity contribution >= 4 is 34.3 Å². The molecule has 3 aromatic heterocycles. The van der Waals surface area contributed by atoms with E-state index in [1.165, 1.54) is 23.7 Å². The lowest BCUT2D eigenvalue weighted by Crippen LogP contribution is -2.28. The van der Waals surface area contributed by atoms with Crippen molar-refractivity contribution in [2.75, 3.05) is 24.6 Å². The molecule has 0 bridgehead atoms. The summed E-state index contributed by atoms with van der Waals surface area (Å²) in [5.74, 6) is -0.173. The fourth-order valence-electron chi connectivity index (χ4n) is 3.06. The molecule has 140 valence electrons. The summed E-state index contributed by atoms with van der Waals surface area (Å²) in [6.45, 7) is 3.29. The van der Waals surface area contributed by atoms with Crippen LogP contribution in [0.1, 0.15) is 23.7 Å². The van der Waals surface area contributed by atoms with Gasteiger partial charge >= 0.3 is 5.97 Å². The molecule has 3 aromatic rings. The lowest BCUT2D eigenvalue weighted by Gasteiger charge is -2.17.